The zero-order chi connectivity index (χ0) is 28.9. The zero-order valence-corrected chi connectivity index (χ0v) is 25.1. The first kappa shape index (κ1) is 31.2. The number of ether oxygens (including phenoxy) is 1. The van der Waals surface area contributed by atoms with Crippen LogP contribution in [0.25, 0.3) is 10.8 Å². The molecule has 224 valence electrons. The average Bonchev–Trinajstić information content (AvgIpc) is 2.99. The summed E-state index contributed by atoms with van der Waals surface area (Å²) < 4.78 is 5.40. The fourth-order valence-electron chi connectivity index (χ4n) is 6.04. The number of nitrogens with one attached hydrogen (secondary N) is 1. The Bertz CT molecular complexity index is 1140. The van der Waals surface area contributed by atoms with Crippen molar-refractivity contribution in [2.75, 3.05) is 44.7 Å². The Labute approximate surface area is 246 Å². The molecular formula is C34H49N3O4. The maximum atomic E-state index is 13.3. The lowest BCUT2D eigenvalue weighted by molar-refractivity contribution is -0.116. The quantitative estimate of drug-likeness (QED) is 0.153. The van der Waals surface area contributed by atoms with Gasteiger partial charge >= 0.3 is 0 Å². The minimum Gasteiger partial charge on any atom is -0.379 e. The summed E-state index contributed by atoms with van der Waals surface area (Å²) in [5.74, 6) is -0.553. The molecule has 2 aliphatic heterocycles. The minimum absolute atomic E-state index is 0.0191. The maximum Gasteiger partial charge on any atom is 0.261 e. The molecule has 0 saturated carbocycles. The molecule has 1 saturated heterocycles. The van der Waals surface area contributed by atoms with E-state index in [9.17, 15) is 14.4 Å². The summed E-state index contributed by atoms with van der Waals surface area (Å²) >= 11 is 0. The third-order valence-corrected chi connectivity index (χ3v) is 8.52. The van der Waals surface area contributed by atoms with Gasteiger partial charge in [-0.25, -0.2) is 0 Å². The van der Waals surface area contributed by atoms with Crippen LogP contribution in [0.1, 0.15) is 118 Å². The fourth-order valence-corrected chi connectivity index (χ4v) is 6.04. The van der Waals surface area contributed by atoms with E-state index in [-0.39, 0.29) is 17.7 Å². The first-order valence-corrected chi connectivity index (χ1v) is 16.1. The van der Waals surface area contributed by atoms with Crippen molar-refractivity contribution in [2.45, 2.75) is 96.8 Å². The summed E-state index contributed by atoms with van der Waals surface area (Å²) in [5, 5.41) is 4.43. The van der Waals surface area contributed by atoms with E-state index in [0.29, 0.717) is 54.9 Å². The number of benzene rings is 2. The van der Waals surface area contributed by atoms with Crippen LogP contribution in [-0.4, -0.2) is 66.9 Å². The van der Waals surface area contributed by atoms with Gasteiger partial charge in [0.1, 0.15) is 0 Å². The highest BCUT2D eigenvalue weighted by Crippen LogP contribution is 2.34. The molecule has 0 aliphatic carbocycles. The molecule has 0 unspecified atom stereocenters. The Morgan fingerprint density at radius 1 is 0.756 bits per heavy atom. The van der Waals surface area contributed by atoms with Crippen molar-refractivity contribution >= 4 is 34.2 Å². The van der Waals surface area contributed by atoms with E-state index in [1.54, 1.807) is 18.2 Å². The number of amides is 3. The molecule has 0 atom stereocenters. The van der Waals surface area contributed by atoms with Crippen LogP contribution in [0.2, 0.25) is 0 Å². The van der Waals surface area contributed by atoms with Gasteiger partial charge in [0.25, 0.3) is 11.8 Å². The number of imide groups is 1. The first-order valence-electron chi connectivity index (χ1n) is 16.1. The van der Waals surface area contributed by atoms with E-state index < -0.39 is 0 Å². The number of anilines is 1. The van der Waals surface area contributed by atoms with Crippen LogP contribution in [0.5, 0.6) is 0 Å². The minimum atomic E-state index is -0.267. The largest absolute Gasteiger partial charge is 0.379 e. The van der Waals surface area contributed by atoms with Gasteiger partial charge in [0, 0.05) is 60.2 Å². The van der Waals surface area contributed by atoms with E-state index in [1.165, 1.54) is 75.5 Å². The second kappa shape index (κ2) is 16.6. The molecule has 0 spiro atoms. The predicted octanol–water partition coefficient (Wildman–Crippen LogP) is 7.19. The Kier molecular flexibility index (Phi) is 12.6. The first-order chi connectivity index (χ1) is 20.1. The highest BCUT2D eigenvalue weighted by atomic mass is 16.5. The molecule has 3 amide bonds. The van der Waals surface area contributed by atoms with Gasteiger partial charge in [-0.05, 0) is 24.6 Å². The second-order valence-electron chi connectivity index (χ2n) is 11.6. The molecule has 4 rings (SSSR count). The van der Waals surface area contributed by atoms with Gasteiger partial charge < -0.3 is 10.1 Å². The monoisotopic (exact) mass is 563 g/mol. The standard InChI is InChI=1S/C34H49N3O4/c1-2-3-4-5-6-7-8-9-10-11-12-13-14-18-31(38)35-30-20-19-29-32-27(30)16-15-17-28(32)33(39)37(34(29)40)22-21-36-23-25-41-26-24-36/h15-17,19-20H,2-14,18,21-26H2,1H3,(H,35,38). The number of hydrogen-bond acceptors (Lipinski definition) is 5. The Hall–Kier alpha value is -2.77. The van der Waals surface area contributed by atoms with Crippen molar-refractivity contribution in [2.24, 2.45) is 0 Å². The number of carbonyl (C=O) groups is 3. The van der Waals surface area contributed by atoms with Crippen molar-refractivity contribution in [3.05, 3.63) is 41.5 Å². The van der Waals surface area contributed by atoms with Gasteiger partial charge in [0.05, 0.1) is 13.2 Å². The predicted molar refractivity (Wildman–Crippen MR) is 166 cm³/mol. The van der Waals surface area contributed by atoms with Crippen molar-refractivity contribution in [3.8, 4) is 0 Å². The molecule has 7 heteroatoms. The summed E-state index contributed by atoms with van der Waals surface area (Å²) in [6.07, 6.45) is 17.0. The molecule has 2 aromatic carbocycles. The molecule has 7 nitrogen and oxygen atoms in total. The molecule has 41 heavy (non-hydrogen) atoms. The van der Waals surface area contributed by atoms with E-state index >= 15 is 0 Å². The molecule has 1 N–H and O–H groups in total. The van der Waals surface area contributed by atoms with E-state index in [2.05, 4.69) is 17.1 Å². The normalized spacial score (nSPS) is 15.6. The second-order valence-corrected chi connectivity index (χ2v) is 11.6. The average molecular weight is 564 g/mol. The number of morpholine rings is 1. The number of hydrogen-bond donors (Lipinski definition) is 1. The highest BCUT2D eigenvalue weighted by molar-refractivity contribution is 6.27. The van der Waals surface area contributed by atoms with Gasteiger partial charge in [-0.15, -0.1) is 0 Å². The Morgan fingerprint density at radius 3 is 1.98 bits per heavy atom. The lowest BCUT2D eigenvalue weighted by Gasteiger charge is -2.31. The molecule has 2 aliphatic rings. The smallest absolute Gasteiger partial charge is 0.261 e. The van der Waals surface area contributed by atoms with E-state index in [1.807, 2.05) is 12.1 Å². The van der Waals surface area contributed by atoms with E-state index in [0.717, 1.165) is 31.3 Å². The topological polar surface area (TPSA) is 79.0 Å². The van der Waals surface area contributed by atoms with Gasteiger partial charge in [0.15, 0.2) is 0 Å². The van der Waals surface area contributed by atoms with Gasteiger partial charge in [-0.1, -0.05) is 96.1 Å². The van der Waals surface area contributed by atoms with Crippen LogP contribution in [0.3, 0.4) is 0 Å². The zero-order valence-electron chi connectivity index (χ0n) is 25.1. The molecule has 1 fully saturated rings. The highest BCUT2D eigenvalue weighted by Gasteiger charge is 2.33. The summed E-state index contributed by atoms with van der Waals surface area (Å²) in [6, 6.07) is 9.05. The van der Waals surface area contributed by atoms with Crippen molar-refractivity contribution in [1.82, 2.24) is 9.80 Å². The van der Waals surface area contributed by atoms with Crippen LogP contribution >= 0.6 is 0 Å². The number of rotatable bonds is 18. The lowest BCUT2D eigenvalue weighted by Crippen LogP contribution is -2.46. The van der Waals surface area contributed by atoms with Crippen LogP contribution in [0, 0.1) is 0 Å². The summed E-state index contributed by atoms with van der Waals surface area (Å²) in [6.45, 7) is 6.23. The Balaban J connectivity index is 1.21. The van der Waals surface area contributed by atoms with Gasteiger partial charge in [-0.2, -0.15) is 0 Å². The lowest BCUT2D eigenvalue weighted by atomic mass is 9.93. The van der Waals surface area contributed by atoms with Crippen molar-refractivity contribution in [3.63, 3.8) is 0 Å². The van der Waals surface area contributed by atoms with Crippen molar-refractivity contribution < 1.29 is 19.1 Å². The number of carbonyl (C=O) groups excluding carboxylic acids is 3. The van der Waals surface area contributed by atoms with Gasteiger partial charge in [0.2, 0.25) is 5.91 Å². The molecule has 0 aromatic heterocycles. The summed E-state index contributed by atoms with van der Waals surface area (Å²) in [4.78, 5) is 43.0. The van der Waals surface area contributed by atoms with Crippen LogP contribution in [0.4, 0.5) is 5.69 Å². The van der Waals surface area contributed by atoms with Crippen molar-refractivity contribution in [1.29, 1.82) is 0 Å². The molecule has 2 heterocycles. The number of nitrogens with zero attached hydrogens (tertiary/aromatic N) is 2. The molecule has 2 aromatic rings. The summed E-state index contributed by atoms with van der Waals surface area (Å²) in [5.41, 5.74) is 1.70. The SMILES string of the molecule is CCCCCCCCCCCCCCCC(=O)Nc1ccc2c3c(cccc13)C(=O)N(CCN1CCOCC1)C2=O. The summed E-state index contributed by atoms with van der Waals surface area (Å²) in [7, 11) is 0. The number of unbranched alkanes of at least 4 members (excludes halogenated alkanes) is 12. The van der Waals surface area contributed by atoms with Gasteiger partial charge in [-0.3, -0.25) is 24.2 Å². The third kappa shape index (κ3) is 8.86. The maximum absolute atomic E-state index is 13.3. The third-order valence-electron chi connectivity index (χ3n) is 8.52. The van der Waals surface area contributed by atoms with Crippen LogP contribution in [-0.2, 0) is 9.53 Å². The Morgan fingerprint density at radius 2 is 1.34 bits per heavy atom. The van der Waals surface area contributed by atoms with E-state index in [4.69, 9.17) is 4.74 Å². The molecular weight excluding hydrogens is 514 g/mol. The van der Waals surface area contributed by atoms with Crippen LogP contribution < -0.4 is 5.32 Å². The fraction of sp³-hybridized carbons (Fsp3) is 0.618. The molecule has 0 bridgehead atoms. The van der Waals surface area contributed by atoms with Crippen LogP contribution in [0.15, 0.2) is 30.3 Å². The molecule has 0 radical (unpaired) electrons.